The lowest BCUT2D eigenvalue weighted by Crippen LogP contribution is -2.63. The third kappa shape index (κ3) is 2.65. The van der Waals surface area contributed by atoms with Gasteiger partial charge in [0.2, 0.25) is 0 Å². The number of rotatable bonds is 2. The molecule has 0 unspecified atom stereocenters. The maximum atomic E-state index is 12.2. The number of hydrogen-bond donors (Lipinski definition) is 2. The molecule has 0 spiro atoms. The van der Waals surface area contributed by atoms with Gasteiger partial charge in [-0.3, -0.25) is 19.5 Å². The summed E-state index contributed by atoms with van der Waals surface area (Å²) in [5.74, 6) is -0.312. The van der Waals surface area contributed by atoms with Crippen LogP contribution in [0.4, 0.5) is 0 Å². The summed E-state index contributed by atoms with van der Waals surface area (Å²) in [6, 6.07) is 0.962. The molecule has 2 N–H and O–H groups in total. The van der Waals surface area contributed by atoms with E-state index in [1.807, 2.05) is 0 Å². The second-order valence-corrected chi connectivity index (χ2v) is 5.93. The standard InChI is InChI=1S/C14H20N4O3/c1-9-4-2-3-5-18(9)10-7-17(8-10)13(20)11-6-15-14(21)16-12(11)19/h6,9-10H,2-5,7-8H2,1H3,(H2,15,16,19,21)/t9-/m0/s1. The Kier molecular flexibility index (Phi) is 3.67. The molecule has 0 aromatic carbocycles. The van der Waals surface area contributed by atoms with Gasteiger partial charge in [-0.15, -0.1) is 0 Å². The van der Waals surface area contributed by atoms with Crippen molar-refractivity contribution >= 4 is 5.91 Å². The van der Waals surface area contributed by atoms with Gasteiger partial charge in [0.15, 0.2) is 0 Å². The van der Waals surface area contributed by atoms with Gasteiger partial charge in [-0.1, -0.05) is 6.42 Å². The summed E-state index contributed by atoms with van der Waals surface area (Å²) < 4.78 is 0. The largest absolute Gasteiger partial charge is 0.335 e. The summed E-state index contributed by atoms with van der Waals surface area (Å²) in [7, 11) is 0. The topological polar surface area (TPSA) is 89.3 Å². The van der Waals surface area contributed by atoms with Crippen molar-refractivity contribution in [1.82, 2.24) is 19.8 Å². The lowest BCUT2D eigenvalue weighted by atomic mass is 9.97. The van der Waals surface area contributed by atoms with Crippen molar-refractivity contribution < 1.29 is 4.79 Å². The van der Waals surface area contributed by atoms with E-state index < -0.39 is 11.2 Å². The second kappa shape index (κ2) is 5.48. The molecule has 21 heavy (non-hydrogen) atoms. The van der Waals surface area contributed by atoms with Gasteiger partial charge in [0, 0.05) is 31.4 Å². The highest BCUT2D eigenvalue weighted by atomic mass is 16.2. The molecule has 0 aliphatic carbocycles. The summed E-state index contributed by atoms with van der Waals surface area (Å²) in [5, 5.41) is 0. The fourth-order valence-corrected chi connectivity index (χ4v) is 3.23. The quantitative estimate of drug-likeness (QED) is 0.787. The summed E-state index contributed by atoms with van der Waals surface area (Å²) in [4.78, 5) is 43.4. The number of nitrogens with zero attached hydrogens (tertiary/aromatic N) is 2. The maximum absolute atomic E-state index is 12.2. The van der Waals surface area contributed by atoms with Gasteiger partial charge in [0.25, 0.3) is 11.5 Å². The number of aromatic amines is 2. The number of H-pyrrole nitrogens is 2. The van der Waals surface area contributed by atoms with E-state index >= 15 is 0 Å². The first-order valence-electron chi connectivity index (χ1n) is 7.43. The predicted molar refractivity (Wildman–Crippen MR) is 77.4 cm³/mol. The SMILES string of the molecule is C[C@H]1CCCCN1C1CN(C(=O)c2c[nH]c(=O)[nH]c2=O)C1. The van der Waals surface area contributed by atoms with E-state index in [9.17, 15) is 14.4 Å². The molecule has 0 radical (unpaired) electrons. The number of hydrogen-bond acceptors (Lipinski definition) is 4. The molecular weight excluding hydrogens is 272 g/mol. The van der Waals surface area contributed by atoms with Crippen LogP contribution in [-0.4, -0.2) is 57.4 Å². The Morgan fingerprint density at radius 2 is 2.05 bits per heavy atom. The molecule has 2 aliphatic rings. The fourth-order valence-electron chi connectivity index (χ4n) is 3.23. The van der Waals surface area contributed by atoms with Gasteiger partial charge in [0.1, 0.15) is 5.56 Å². The summed E-state index contributed by atoms with van der Waals surface area (Å²) in [6.07, 6.45) is 4.90. The molecule has 3 rings (SSSR count). The zero-order valence-electron chi connectivity index (χ0n) is 12.1. The average Bonchev–Trinajstić information content (AvgIpc) is 2.39. The number of carbonyl (C=O) groups is 1. The minimum Gasteiger partial charge on any atom is -0.335 e. The van der Waals surface area contributed by atoms with Crippen molar-refractivity contribution in [1.29, 1.82) is 0 Å². The molecule has 1 aromatic heterocycles. The maximum Gasteiger partial charge on any atom is 0.325 e. The molecule has 7 nitrogen and oxygen atoms in total. The van der Waals surface area contributed by atoms with E-state index in [2.05, 4.69) is 21.8 Å². The number of nitrogens with one attached hydrogen (secondary N) is 2. The van der Waals surface area contributed by atoms with Crippen molar-refractivity contribution in [3.63, 3.8) is 0 Å². The Balaban J connectivity index is 1.64. The highest BCUT2D eigenvalue weighted by molar-refractivity contribution is 5.94. The first-order valence-corrected chi connectivity index (χ1v) is 7.43. The van der Waals surface area contributed by atoms with Gasteiger partial charge in [-0.05, 0) is 26.3 Å². The Labute approximate surface area is 122 Å². The number of carbonyl (C=O) groups excluding carboxylic acids is 1. The molecule has 3 heterocycles. The van der Waals surface area contributed by atoms with Crippen molar-refractivity contribution in [2.45, 2.75) is 38.3 Å². The molecule has 2 fully saturated rings. The van der Waals surface area contributed by atoms with Gasteiger partial charge < -0.3 is 9.88 Å². The van der Waals surface area contributed by atoms with E-state index in [0.29, 0.717) is 25.2 Å². The van der Waals surface area contributed by atoms with Crippen LogP contribution < -0.4 is 11.2 Å². The molecule has 0 bridgehead atoms. The number of piperidine rings is 1. The molecule has 0 saturated carbocycles. The fraction of sp³-hybridized carbons (Fsp3) is 0.643. The number of amides is 1. The van der Waals surface area contributed by atoms with E-state index in [1.165, 1.54) is 25.5 Å². The van der Waals surface area contributed by atoms with Crippen LogP contribution in [0, 0.1) is 0 Å². The van der Waals surface area contributed by atoms with Crippen LogP contribution in [0.5, 0.6) is 0 Å². The Bertz CT molecular complexity index is 644. The summed E-state index contributed by atoms with van der Waals surface area (Å²) in [5.41, 5.74) is -1.22. The third-order valence-electron chi connectivity index (χ3n) is 4.52. The monoisotopic (exact) mass is 292 g/mol. The normalized spacial score (nSPS) is 23.9. The van der Waals surface area contributed by atoms with E-state index in [1.54, 1.807) is 4.90 Å². The van der Waals surface area contributed by atoms with Crippen molar-refractivity contribution in [3.8, 4) is 0 Å². The van der Waals surface area contributed by atoms with Crippen LogP contribution in [0.1, 0.15) is 36.5 Å². The lowest BCUT2D eigenvalue weighted by molar-refractivity contribution is 0.00200. The minimum absolute atomic E-state index is 0.000238. The van der Waals surface area contributed by atoms with Crippen molar-refractivity contribution in [2.24, 2.45) is 0 Å². The Morgan fingerprint density at radius 1 is 1.29 bits per heavy atom. The van der Waals surface area contributed by atoms with Crippen LogP contribution in [0.3, 0.4) is 0 Å². The highest BCUT2D eigenvalue weighted by Gasteiger charge is 2.38. The summed E-state index contributed by atoms with van der Waals surface area (Å²) >= 11 is 0. The predicted octanol–water partition coefficient (Wildman–Crippen LogP) is -0.238. The third-order valence-corrected chi connectivity index (χ3v) is 4.52. The second-order valence-electron chi connectivity index (χ2n) is 5.93. The van der Waals surface area contributed by atoms with Crippen LogP contribution in [0.2, 0.25) is 0 Å². The van der Waals surface area contributed by atoms with Gasteiger partial charge in [-0.25, -0.2) is 4.79 Å². The van der Waals surface area contributed by atoms with Gasteiger partial charge >= 0.3 is 5.69 Å². The van der Waals surface area contributed by atoms with Crippen molar-refractivity contribution in [2.75, 3.05) is 19.6 Å². The number of likely N-dealkylation sites (tertiary alicyclic amines) is 2. The average molecular weight is 292 g/mol. The van der Waals surface area contributed by atoms with E-state index in [0.717, 1.165) is 6.54 Å². The molecule has 7 heteroatoms. The van der Waals surface area contributed by atoms with Crippen LogP contribution >= 0.6 is 0 Å². The molecule has 1 atom stereocenters. The lowest BCUT2D eigenvalue weighted by Gasteiger charge is -2.49. The van der Waals surface area contributed by atoms with Crippen LogP contribution in [-0.2, 0) is 0 Å². The first-order chi connectivity index (χ1) is 10.1. The van der Waals surface area contributed by atoms with Crippen LogP contribution in [0.25, 0.3) is 0 Å². The van der Waals surface area contributed by atoms with Gasteiger partial charge in [-0.2, -0.15) is 0 Å². The zero-order valence-corrected chi connectivity index (χ0v) is 12.1. The molecule has 2 aliphatic heterocycles. The first kappa shape index (κ1) is 14.1. The summed E-state index contributed by atoms with van der Waals surface area (Å²) in [6.45, 7) is 4.63. The molecule has 114 valence electrons. The molecule has 1 aromatic rings. The van der Waals surface area contributed by atoms with E-state index in [4.69, 9.17) is 0 Å². The van der Waals surface area contributed by atoms with Crippen molar-refractivity contribution in [3.05, 3.63) is 32.6 Å². The molecular formula is C14H20N4O3. The molecule has 2 saturated heterocycles. The zero-order chi connectivity index (χ0) is 15.0. The highest BCUT2D eigenvalue weighted by Crippen LogP contribution is 2.24. The van der Waals surface area contributed by atoms with E-state index in [-0.39, 0.29) is 11.5 Å². The smallest absolute Gasteiger partial charge is 0.325 e. The van der Waals surface area contributed by atoms with Crippen LogP contribution in [0.15, 0.2) is 15.8 Å². The van der Waals surface area contributed by atoms with Gasteiger partial charge in [0.05, 0.1) is 0 Å². The Hall–Kier alpha value is -1.89. The molecule has 1 amide bonds. The Morgan fingerprint density at radius 3 is 2.71 bits per heavy atom. The minimum atomic E-state index is -0.626. The number of aromatic nitrogens is 2.